The van der Waals surface area contributed by atoms with Crippen molar-refractivity contribution in [2.45, 2.75) is 6.92 Å². The van der Waals surface area contributed by atoms with E-state index in [0.29, 0.717) is 22.5 Å². The Morgan fingerprint density at radius 3 is 2.75 bits per heavy atom. The quantitative estimate of drug-likeness (QED) is 0.544. The van der Waals surface area contributed by atoms with Gasteiger partial charge in [-0.1, -0.05) is 12.1 Å². The van der Waals surface area contributed by atoms with Gasteiger partial charge < -0.3 is 10.6 Å². The first-order valence-corrected chi connectivity index (χ1v) is 7.78. The van der Waals surface area contributed by atoms with Crippen molar-refractivity contribution in [1.29, 1.82) is 0 Å². The van der Waals surface area contributed by atoms with Gasteiger partial charge in [-0.2, -0.15) is 8.75 Å². The summed E-state index contributed by atoms with van der Waals surface area (Å²) in [6.45, 7) is 1.62. The topological polar surface area (TPSA) is 110 Å². The molecule has 1 aromatic heterocycles. The first-order valence-electron chi connectivity index (χ1n) is 7.05. The van der Waals surface area contributed by atoms with Crippen LogP contribution in [0, 0.1) is 17.0 Å². The SMILES string of the molecule is Cc1c(NCC(=O)Nc2cccc3nsnc23)cccc1[N+](=O)[O-]. The molecule has 8 nitrogen and oxygen atoms in total. The molecule has 0 aliphatic rings. The van der Waals surface area contributed by atoms with Gasteiger partial charge in [-0.15, -0.1) is 0 Å². The molecule has 0 bridgehead atoms. The zero-order chi connectivity index (χ0) is 17.1. The second-order valence-corrected chi connectivity index (χ2v) is 5.57. The number of rotatable bonds is 5. The monoisotopic (exact) mass is 343 g/mol. The van der Waals surface area contributed by atoms with Gasteiger partial charge in [0.1, 0.15) is 11.0 Å². The number of carbonyl (C=O) groups excluding carboxylic acids is 1. The van der Waals surface area contributed by atoms with Crippen LogP contribution in [0.5, 0.6) is 0 Å². The summed E-state index contributed by atoms with van der Waals surface area (Å²) in [6.07, 6.45) is 0. The Kier molecular flexibility index (Phi) is 4.34. The minimum absolute atomic E-state index is 0.0127. The molecule has 0 aliphatic carbocycles. The maximum atomic E-state index is 12.1. The normalized spacial score (nSPS) is 10.5. The molecule has 2 N–H and O–H groups in total. The lowest BCUT2D eigenvalue weighted by molar-refractivity contribution is -0.385. The highest BCUT2D eigenvalue weighted by atomic mass is 32.1. The number of nitrogens with one attached hydrogen (secondary N) is 2. The van der Waals surface area contributed by atoms with Gasteiger partial charge >= 0.3 is 0 Å². The summed E-state index contributed by atoms with van der Waals surface area (Å²) >= 11 is 1.08. The van der Waals surface area contributed by atoms with Crippen molar-refractivity contribution in [2.75, 3.05) is 17.2 Å². The predicted molar refractivity (Wildman–Crippen MR) is 92.4 cm³/mol. The van der Waals surface area contributed by atoms with Crippen LogP contribution in [0.3, 0.4) is 0 Å². The largest absolute Gasteiger partial charge is 0.376 e. The van der Waals surface area contributed by atoms with Gasteiger partial charge in [-0.3, -0.25) is 14.9 Å². The number of anilines is 2. The van der Waals surface area contributed by atoms with E-state index in [1.54, 1.807) is 31.2 Å². The fraction of sp³-hybridized carbons (Fsp3) is 0.133. The number of amides is 1. The molecule has 0 saturated heterocycles. The lowest BCUT2D eigenvalue weighted by Crippen LogP contribution is -2.22. The van der Waals surface area contributed by atoms with Crippen LogP contribution in [-0.2, 0) is 4.79 Å². The molecule has 3 rings (SSSR count). The fourth-order valence-electron chi connectivity index (χ4n) is 2.29. The maximum Gasteiger partial charge on any atom is 0.274 e. The lowest BCUT2D eigenvalue weighted by Gasteiger charge is -2.10. The second-order valence-electron chi connectivity index (χ2n) is 5.05. The molecule has 0 atom stereocenters. The van der Waals surface area contributed by atoms with Crippen molar-refractivity contribution in [1.82, 2.24) is 8.75 Å². The highest BCUT2D eigenvalue weighted by Gasteiger charge is 2.14. The number of aromatic nitrogens is 2. The average molecular weight is 343 g/mol. The Labute approximate surface area is 141 Å². The van der Waals surface area contributed by atoms with Crippen LogP contribution in [-0.4, -0.2) is 26.1 Å². The predicted octanol–water partition coefficient (Wildman–Crippen LogP) is 2.96. The van der Waals surface area contributed by atoms with Crippen LogP contribution < -0.4 is 10.6 Å². The van der Waals surface area contributed by atoms with Crippen LogP contribution in [0.25, 0.3) is 11.0 Å². The summed E-state index contributed by atoms with van der Waals surface area (Å²) in [5.74, 6) is -0.276. The molecule has 2 aromatic carbocycles. The van der Waals surface area contributed by atoms with Crippen molar-refractivity contribution in [3.05, 3.63) is 52.1 Å². The number of fused-ring (bicyclic) bond motifs is 1. The Morgan fingerprint density at radius 1 is 1.21 bits per heavy atom. The highest BCUT2D eigenvalue weighted by molar-refractivity contribution is 7.00. The van der Waals surface area contributed by atoms with Gasteiger partial charge in [0, 0.05) is 17.3 Å². The van der Waals surface area contributed by atoms with E-state index in [1.165, 1.54) is 6.07 Å². The fourth-order valence-corrected chi connectivity index (χ4v) is 2.84. The highest BCUT2D eigenvalue weighted by Crippen LogP contribution is 2.25. The number of nitrogens with zero attached hydrogens (tertiary/aromatic N) is 3. The van der Waals surface area contributed by atoms with E-state index in [4.69, 9.17) is 0 Å². The van der Waals surface area contributed by atoms with E-state index in [0.717, 1.165) is 17.2 Å². The van der Waals surface area contributed by atoms with Crippen molar-refractivity contribution in [3.63, 3.8) is 0 Å². The third-order valence-corrected chi connectivity index (χ3v) is 4.04. The molecular formula is C15H13N5O3S. The minimum atomic E-state index is -0.448. The van der Waals surface area contributed by atoms with E-state index >= 15 is 0 Å². The number of carbonyl (C=O) groups is 1. The zero-order valence-electron chi connectivity index (χ0n) is 12.6. The number of hydrogen-bond acceptors (Lipinski definition) is 7. The number of benzene rings is 2. The van der Waals surface area contributed by atoms with Gasteiger partial charge in [-0.25, -0.2) is 0 Å². The first kappa shape index (κ1) is 15.8. The third-order valence-electron chi connectivity index (χ3n) is 3.50. The molecular weight excluding hydrogens is 330 g/mol. The molecule has 24 heavy (non-hydrogen) atoms. The van der Waals surface area contributed by atoms with E-state index in [2.05, 4.69) is 19.4 Å². The molecule has 0 radical (unpaired) electrons. The minimum Gasteiger partial charge on any atom is -0.376 e. The molecule has 1 heterocycles. The van der Waals surface area contributed by atoms with Gasteiger partial charge in [0.25, 0.3) is 5.69 Å². The molecule has 0 fully saturated rings. The van der Waals surface area contributed by atoms with Crippen molar-refractivity contribution >= 4 is 45.7 Å². The Bertz CT molecular complexity index is 924. The average Bonchev–Trinajstić information content (AvgIpc) is 3.03. The summed E-state index contributed by atoms with van der Waals surface area (Å²) in [5, 5.41) is 16.6. The smallest absolute Gasteiger partial charge is 0.274 e. The third kappa shape index (κ3) is 3.15. The van der Waals surface area contributed by atoms with Crippen LogP contribution in [0.1, 0.15) is 5.56 Å². The van der Waals surface area contributed by atoms with Crippen molar-refractivity contribution < 1.29 is 9.72 Å². The molecule has 0 unspecified atom stereocenters. The van der Waals surface area contributed by atoms with Crippen LogP contribution in [0.15, 0.2) is 36.4 Å². The van der Waals surface area contributed by atoms with E-state index < -0.39 is 4.92 Å². The zero-order valence-corrected chi connectivity index (χ0v) is 13.5. The van der Waals surface area contributed by atoms with Crippen LogP contribution in [0.4, 0.5) is 17.1 Å². The van der Waals surface area contributed by atoms with E-state index in [-0.39, 0.29) is 18.1 Å². The van der Waals surface area contributed by atoms with E-state index in [1.807, 2.05) is 6.07 Å². The molecule has 0 aliphatic heterocycles. The molecule has 9 heteroatoms. The molecule has 3 aromatic rings. The summed E-state index contributed by atoms with van der Waals surface area (Å²) in [5.41, 5.74) is 3.00. The molecule has 0 saturated carbocycles. The van der Waals surface area contributed by atoms with Crippen molar-refractivity contribution in [3.8, 4) is 0 Å². The summed E-state index contributed by atoms with van der Waals surface area (Å²) in [6, 6.07) is 10.1. The Morgan fingerprint density at radius 2 is 1.96 bits per heavy atom. The lowest BCUT2D eigenvalue weighted by atomic mass is 10.1. The van der Waals surface area contributed by atoms with Crippen LogP contribution in [0.2, 0.25) is 0 Å². The summed E-state index contributed by atoms with van der Waals surface area (Å²) in [4.78, 5) is 22.6. The molecule has 0 spiro atoms. The van der Waals surface area contributed by atoms with Crippen molar-refractivity contribution in [2.24, 2.45) is 0 Å². The number of nitro groups is 1. The molecule has 1 amide bonds. The Balaban J connectivity index is 1.69. The number of nitro benzene ring substituents is 1. The van der Waals surface area contributed by atoms with Gasteiger partial charge in [0.15, 0.2) is 0 Å². The summed E-state index contributed by atoms with van der Waals surface area (Å²) < 4.78 is 8.27. The van der Waals surface area contributed by atoms with Crippen LogP contribution >= 0.6 is 11.7 Å². The second kappa shape index (κ2) is 6.59. The summed E-state index contributed by atoms with van der Waals surface area (Å²) in [7, 11) is 0. The van der Waals surface area contributed by atoms with E-state index in [9.17, 15) is 14.9 Å². The molecule has 122 valence electrons. The van der Waals surface area contributed by atoms with Gasteiger partial charge in [0.05, 0.1) is 28.9 Å². The van der Waals surface area contributed by atoms with Gasteiger partial charge in [0.2, 0.25) is 5.91 Å². The maximum absolute atomic E-state index is 12.1. The number of hydrogen-bond donors (Lipinski definition) is 2. The van der Waals surface area contributed by atoms with Gasteiger partial charge in [-0.05, 0) is 25.1 Å². The first-order chi connectivity index (χ1) is 11.6. The standard InChI is InChI=1S/C15H13N5O3S/c1-9-10(4-3-7-13(9)20(22)23)16-8-14(21)17-11-5-2-6-12-15(11)19-24-18-12/h2-7,16H,8H2,1H3,(H,17,21). The Hall–Kier alpha value is -3.07.